The van der Waals surface area contributed by atoms with Crippen molar-refractivity contribution >= 4 is 11.6 Å². The second-order valence-corrected chi connectivity index (χ2v) is 5.80. The lowest BCUT2D eigenvalue weighted by molar-refractivity contribution is 0.352. The highest BCUT2D eigenvalue weighted by Gasteiger charge is 2.22. The number of nitrogens with one attached hydrogen (secondary N) is 1. The van der Waals surface area contributed by atoms with Gasteiger partial charge in [-0.05, 0) is 50.3 Å². The third kappa shape index (κ3) is 3.24. The minimum atomic E-state index is -0.351. The zero-order valence-corrected chi connectivity index (χ0v) is 11.8. The number of benzene rings is 1. The van der Waals surface area contributed by atoms with Gasteiger partial charge in [-0.2, -0.15) is 0 Å². The first-order chi connectivity index (χ1) is 8.58. The van der Waals surface area contributed by atoms with Gasteiger partial charge in [-0.15, -0.1) is 0 Å². The molecule has 0 aromatic heterocycles. The Labute approximate surface area is 114 Å². The van der Waals surface area contributed by atoms with E-state index in [1.165, 1.54) is 31.7 Å². The fourth-order valence-electron chi connectivity index (χ4n) is 2.87. The first-order valence-corrected chi connectivity index (χ1v) is 7.16. The van der Waals surface area contributed by atoms with Crippen LogP contribution in [0.2, 0.25) is 5.02 Å². The summed E-state index contributed by atoms with van der Waals surface area (Å²) in [5.74, 6) is 0.430. The molecule has 2 rings (SSSR count). The normalized spacial score (nSPS) is 20.0. The lowest BCUT2D eigenvalue weighted by atomic mass is 9.98. The SMILES string of the molecule is CC(NC(C)C1CCCC1)c1ccc(F)c(Cl)c1. The van der Waals surface area contributed by atoms with E-state index >= 15 is 0 Å². The molecule has 2 atom stereocenters. The Hall–Kier alpha value is -0.600. The van der Waals surface area contributed by atoms with Crippen LogP contribution in [0.25, 0.3) is 0 Å². The summed E-state index contributed by atoms with van der Waals surface area (Å²) in [6, 6.07) is 5.68. The van der Waals surface area contributed by atoms with Gasteiger partial charge in [0.05, 0.1) is 5.02 Å². The van der Waals surface area contributed by atoms with Crippen molar-refractivity contribution < 1.29 is 4.39 Å². The topological polar surface area (TPSA) is 12.0 Å². The molecule has 1 saturated carbocycles. The van der Waals surface area contributed by atoms with E-state index in [9.17, 15) is 4.39 Å². The number of hydrogen-bond acceptors (Lipinski definition) is 1. The summed E-state index contributed by atoms with van der Waals surface area (Å²) >= 11 is 5.82. The van der Waals surface area contributed by atoms with Crippen molar-refractivity contribution in [1.82, 2.24) is 5.32 Å². The molecule has 18 heavy (non-hydrogen) atoms. The van der Waals surface area contributed by atoms with Crippen LogP contribution in [0, 0.1) is 11.7 Å². The molecule has 0 spiro atoms. The van der Waals surface area contributed by atoms with Gasteiger partial charge >= 0.3 is 0 Å². The van der Waals surface area contributed by atoms with Crippen LogP contribution in [0.5, 0.6) is 0 Å². The van der Waals surface area contributed by atoms with E-state index in [0.29, 0.717) is 6.04 Å². The van der Waals surface area contributed by atoms with E-state index in [4.69, 9.17) is 11.6 Å². The van der Waals surface area contributed by atoms with E-state index < -0.39 is 0 Å². The second kappa shape index (κ2) is 6.03. The highest BCUT2D eigenvalue weighted by Crippen LogP contribution is 2.29. The summed E-state index contributed by atoms with van der Waals surface area (Å²) in [7, 11) is 0. The van der Waals surface area contributed by atoms with E-state index in [1.54, 1.807) is 12.1 Å². The molecule has 1 aliphatic rings. The molecule has 100 valence electrons. The van der Waals surface area contributed by atoms with Crippen molar-refractivity contribution in [3.63, 3.8) is 0 Å². The zero-order chi connectivity index (χ0) is 13.1. The average Bonchev–Trinajstić information content (AvgIpc) is 2.86. The molecule has 1 nitrogen and oxygen atoms in total. The number of rotatable bonds is 4. The molecule has 0 radical (unpaired) electrons. The van der Waals surface area contributed by atoms with Crippen LogP contribution in [-0.2, 0) is 0 Å². The molecule has 0 saturated heterocycles. The minimum Gasteiger partial charge on any atom is -0.307 e. The van der Waals surface area contributed by atoms with Crippen LogP contribution in [0.4, 0.5) is 4.39 Å². The molecule has 2 unspecified atom stereocenters. The Bertz CT molecular complexity index is 401. The monoisotopic (exact) mass is 269 g/mol. The van der Waals surface area contributed by atoms with Crippen LogP contribution in [0.3, 0.4) is 0 Å². The summed E-state index contributed by atoms with van der Waals surface area (Å²) in [4.78, 5) is 0. The van der Waals surface area contributed by atoms with Gasteiger partial charge in [-0.1, -0.05) is 30.5 Å². The quantitative estimate of drug-likeness (QED) is 0.835. The molecule has 1 aliphatic carbocycles. The summed E-state index contributed by atoms with van der Waals surface area (Å²) in [5, 5.41) is 3.81. The fourth-order valence-corrected chi connectivity index (χ4v) is 3.05. The van der Waals surface area contributed by atoms with Gasteiger partial charge in [0.1, 0.15) is 5.82 Å². The standard InChI is InChI=1S/C15H21ClFN/c1-10(12-5-3-4-6-12)18-11(2)13-7-8-15(17)14(16)9-13/h7-12,18H,3-6H2,1-2H3. The second-order valence-electron chi connectivity index (χ2n) is 5.40. The van der Waals surface area contributed by atoms with Crippen LogP contribution in [0.1, 0.15) is 51.1 Å². The van der Waals surface area contributed by atoms with Crippen molar-refractivity contribution in [2.75, 3.05) is 0 Å². The molecule has 1 N–H and O–H groups in total. The van der Waals surface area contributed by atoms with Crippen LogP contribution in [-0.4, -0.2) is 6.04 Å². The smallest absolute Gasteiger partial charge is 0.141 e. The van der Waals surface area contributed by atoms with Gasteiger partial charge in [0.15, 0.2) is 0 Å². The van der Waals surface area contributed by atoms with Gasteiger partial charge in [0.25, 0.3) is 0 Å². The zero-order valence-electron chi connectivity index (χ0n) is 11.0. The molecule has 0 aliphatic heterocycles. The third-order valence-electron chi connectivity index (χ3n) is 4.06. The molecule has 0 amide bonds. The Balaban J connectivity index is 1.97. The summed E-state index contributed by atoms with van der Waals surface area (Å²) in [6.07, 6.45) is 5.36. The molecular formula is C15H21ClFN. The first kappa shape index (κ1) is 13.8. The van der Waals surface area contributed by atoms with Crippen molar-refractivity contribution in [3.8, 4) is 0 Å². The van der Waals surface area contributed by atoms with E-state index in [2.05, 4.69) is 19.2 Å². The Kier molecular flexibility index (Phi) is 4.63. The Morgan fingerprint density at radius 2 is 1.94 bits per heavy atom. The maximum absolute atomic E-state index is 13.1. The van der Waals surface area contributed by atoms with Crippen molar-refractivity contribution in [2.24, 2.45) is 5.92 Å². The summed E-state index contributed by atoms with van der Waals surface area (Å²) in [6.45, 7) is 4.35. The van der Waals surface area contributed by atoms with E-state index in [-0.39, 0.29) is 16.9 Å². The molecule has 0 heterocycles. The minimum absolute atomic E-state index is 0.203. The van der Waals surface area contributed by atoms with Crippen LogP contribution in [0.15, 0.2) is 18.2 Å². The summed E-state index contributed by atoms with van der Waals surface area (Å²) < 4.78 is 13.1. The van der Waals surface area contributed by atoms with Crippen molar-refractivity contribution in [3.05, 3.63) is 34.6 Å². The Morgan fingerprint density at radius 1 is 1.28 bits per heavy atom. The van der Waals surface area contributed by atoms with E-state index in [1.807, 2.05) is 0 Å². The maximum Gasteiger partial charge on any atom is 0.141 e. The maximum atomic E-state index is 13.1. The third-order valence-corrected chi connectivity index (χ3v) is 4.35. The molecule has 1 aromatic rings. The first-order valence-electron chi connectivity index (χ1n) is 6.79. The van der Waals surface area contributed by atoms with Gasteiger partial charge in [-0.25, -0.2) is 4.39 Å². The lowest BCUT2D eigenvalue weighted by Gasteiger charge is -2.25. The highest BCUT2D eigenvalue weighted by atomic mass is 35.5. The summed E-state index contributed by atoms with van der Waals surface area (Å²) in [5.41, 5.74) is 1.05. The Morgan fingerprint density at radius 3 is 2.56 bits per heavy atom. The molecule has 3 heteroatoms. The van der Waals surface area contributed by atoms with Crippen LogP contribution >= 0.6 is 11.6 Å². The number of halogens is 2. The predicted molar refractivity (Wildman–Crippen MR) is 74.4 cm³/mol. The van der Waals surface area contributed by atoms with Gasteiger partial charge < -0.3 is 5.32 Å². The van der Waals surface area contributed by atoms with Gasteiger partial charge in [-0.3, -0.25) is 0 Å². The average molecular weight is 270 g/mol. The van der Waals surface area contributed by atoms with Crippen LogP contribution < -0.4 is 5.32 Å². The molecular weight excluding hydrogens is 249 g/mol. The van der Waals surface area contributed by atoms with E-state index in [0.717, 1.165) is 11.5 Å². The largest absolute Gasteiger partial charge is 0.307 e. The lowest BCUT2D eigenvalue weighted by Crippen LogP contribution is -2.34. The molecule has 1 fully saturated rings. The fraction of sp³-hybridized carbons (Fsp3) is 0.600. The van der Waals surface area contributed by atoms with Gasteiger partial charge in [0.2, 0.25) is 0 Å². The van der Waals surface area contributed by atoms with Crippen molar-refractivity contribution in [1.29, 1.82) is 0 Å². The highest BCUT2D eigenvalue weighted by molar-refractivity contribution is 6.30. The predicted octanol–water partition coefficient (Wildman–Crippen LogP) is 4.71. The molecule has 1 aromatic carbocycles. The van der Waals surface area contributed by atoms with Crippen molar-refractivity contribution in [2.45, 2.75) is 51.6 Å². The molecule has 0 bridgehead atoms. The van der Waals surface area contributed by atoms with Gasteiger partial charge in [0, 0.05) is 12.1 Å². The number of hydrogen-bond donors (Lipinski definition) is 1.